The molecule has 492 valence electrons. The van der Waals surface area contributed by atoms with Crippen LogP contribution in [0.1, 0.15) is 67.2 Å². The lowest BCUT2D eigenvalue weighted by Crippen LogP contribution is -2.23. The number of thioether (sulfide) groups is 1. The molecule has 3 aromatic rings. The van der Waals surface area contributed by atoms with Crippen LogP contribution in [0.15, 0.2) is 337 Å². The normalized spacial score (nSPS) is 17.8. The molecule has 14 aliphatic rings. The second kappa shape index (κ2) is 41.4. The lowest BCUT2D eigenvalue weighted by atomic mass is 9.97. The second-order valence-corrected chi connectivity index (χ2v) is 23.5. The number of fused-ring (bicyclic) bond motifs is 3. The first-order chi connectivity index (χ1) is 46.1. The highest BCUT2D eigenvalue weighted by atomic mass is 32.2. The van der Waals surface area contributed by atoms with Crippen LogP contribution in [0.5, 0.6) is 0 Å². The van der Waals surface area contributed by atoms with Crippen LogP contribution in [0.25, 0.3) is 17.8 Å². The Bertz CT molecular complexity index is 3550. The van der Waals surface area contributed by atoms with Crippen molar-refractivity contribution < 1.29 is 0 Å². The van der Waals surface area contributed by atoms with Crippen LogP contribution in [-0.4, -0.2) is 36.8 Å². The van der Waals surface area contributed by atoms with Crippen molar-refractivity contribution in [2.75, 3.05) is 28.7 Å². The van der Waals surface area contributed by atoms with E-state index in [-0.39, 0.29) is 0 Å². The van der Waals surface area contributed by atoms with Gasteiger partial charge in [-0.3, -0.25) is 5.43 Å². The number of aliphatic imine (C=N–C) groups is 2. The number of nitrogens with one attached hydrogen (secondary N) is 14. The molecular formula is C76H91N17S2. The quantitative estimate of drug-likeness (QED) is 0.0946. The third kappa shape index (κ3) is 28.5. The van der Waals surface area contributed by atoms with Crippen LogP contribution < -0.4 is 74.4 Å². The third-order valence-corrected chi connectivity index (χ3v) is 15.4. The minimum Gasteiger partial charge on any atom is -0.382 e. The summed E-state index contributed by atoms with van der Waals surface area (Å²) in [5.41, 5.74) is 37.7. The van der Waals surface area contributed by atoms with E-state index in [4.69, 9.17) is 0 Å². The SMILES string of the molecule is C=C1C=CC=CN1.C=C1C=CCN1.C=C1C=CNN1.C=C1C=Cc2ccccc2N1.C=C1CC2=C(CCCC2)N1.C=C1CC=CN1.C=C1CC=NN1.C=C1Cc2ccccc2N1.C=C1N=CC=CN1.C=C1N=CNS1.C=C1NC=Cc2ccccc21.C=C1NNC2=C1CSC2. The first kappa shape index (κ1) is 72.9. The van der Waals surface area contributed by atoms with E-state index in [2.05, 4.69) is 211 Å². The molecule has 0 atom stereocenters. The van der Waals surface area contributed by atoms with Crippen LogP contribution in [0.4, 0.5) is 11.4 Å². The fourth-order valence-electron chi connectivity index (χ4n) is 9.07. The molecule has 17 nitrogen and oxygen atoms in total. The third-order valence-electron chi connectivity index (χ3n) is 13.8. The minimum atomic E-state index is 0.697. The number of hydrazine groups is 2. The summed E-state index contributed by atoms with van der Waals surface area (Å²) in [7, 11) is 0. The highest BCUT2D eigenvalue weighted by molar-refractivity contribution is 8.02. The van der Waals surface area contributed by atoms with E-state index >= 15 is 0 Å². The summed E-state index contributed by atoms with van der Waals surface area (Å²) >= 11 is 3.36. The van der Waals surface area contributed by atoms with Crippen molar-refractivity contribution in [1.29, 1.82) is 0 Å². The molecule has 19 heteroatoms. The molecule has 0 spiro atoms. The van der Waals surface area contributed by atoms with Gasteiger partial charge in [0.15, 0.2) is 0 Å². The number of anilines is 2. The molecule has 14 N–H and O–H groups in total. The zero-order chi connectivity index (χ0) is 67.8. The fraction of sp³-hybridized carbons (Fsp3) is 0.145. The van der Waals surface area contributed by atoms with Gasteiger partial charge in [0.2, 0.25) is 0 Å². The lowest BCUT2D eigenvalue weighted by molar-refractivity contribution is 0.662. The van der Waals surface area contributed by atoms with Gasteiger partial charge in [-0.05, 0) is 109 Å². The van der Waals surface area contributed by atoms with E-state index in [0.29, 0.717) is 5.82 Å². The molecule has 0 amide bonds. The van der Waals surface area contributed by atoms with E-state index in [0.717, 1.165) is 106 Å². The monoisotopic (exact) mass is 1310 g/mol. The van der Waals surface area contributed by atoms with E-state index < -0.39 is 0 Å². The van der Waals surface area contributed by atoms with Crippen molar-refractivity contribution in [2.24, 2.45) is 15.1 Å². The van der Waals surface area contributed by atoms with E-state index in [1.165, 1.54) is 88.2 Å². The maximum Gasteiger partial charge on any atom is 0.122 e. The van der Waals surface area contributed by atoms with Gasteiger partial charge >= 0.3 is 0 Å². The predicted molar refractivity (Wildman–Crippen MR) is 412 cm³/mol. The Morgan fingerprint density at radius 1 is 0.484 bits per heavy atom. The molecule has 17 rings (SSSR count). The largest absolute Gasteiger partial charge is 0.382 e. The van der Waals surface area contributed by atoms with Gasteiger partial charge < -0.3 is 69.0 Å². The van der Waals surface area contributed by atoms with Crippen molar-refractivity contribution in [3.8, 4) is 0 Å². The Morgan fingerprint density at radius 3 is 1.77 bits per heavy atom. The first-order valence-electron chi connectivity index (χ1n) is 30.8. The van der Waals surface area contributed by atoms with Crippen LogP contribution >= 0.6 is 23.7 Å². The Labute approximate surface area is 571 Å². The van der Waals surface area contributed by atoms with Crippen molar-refractivity contribution in [3.63, 3.8) is 0 Å². The van der Waals surface area contributed by atoms with Crippen LogP contribution in [0, 0.1) is 0 Å². The Kier molecular flexibility index (Phi) is 31.7. The molecule has 3 aromatic carbocycles. The van der Waals surface area contributed by atoms with E-state index in [9.17, 15) is 0 Å². The standard InChI is InChI=1S/2C10H9N.C9H13N.C9H9N.C6H8N2S.C6H7N.C5H6N2.2C5H7N.2C4H6N2.C3H4N2S/c1-8-10-5-3-2-4-9(10)6-7-11-8;1-8-6-7-9-4-2-3-5-10(9)11-8;2*1-7-6-8-4-2-3-5-9(8)10-7;1-4-5-2-9-3-6(5)8-7-4;1-6-4-2-3-5-7-6;1-5-6-3-2-4-7-5;2*1-5-3-2-4-6-5;2*1-4-2-3-5-6-4;1-3-4-2-5-6-3/h2*2-7,11H,1H2;10H,1-6H2;2-5,10H,1,6H2;7-8H,1-3H2;2-5,7H,1H2;2-4,6H,1H2;2,4,6H,1,3H2;2-3,6H,1,4H2;3,6H,1-2H2;2-3,5-6H,1H2;2H,1H2,(H,4,5). The Hall–Kier alpha value is -11.2. The predicted octanol–water partition coefficient (Wildman–Crippen LogP) is 14.8. The molecule has 95 heavy (non-hydrogen) atoms. The highest BCUT2D eigenvalue weighted by Gasteiger charge is 2.22. The van der Waals surface area contributed by atoms with Gasteiger partial charge in [0.25, 0.3) is 0 Å². The molecule has 0 unspecified atom stereocenters. The summed E-state index contributed by atoms with van der Waals surface area (Å²) in [6, 6.07) is 24.6. The van der Waals surface area contributed by atoms with Gasteiger partial charge in [-0.15, -0.1) is 0 Å². The van der Waals surface area contributed by atoms with E-state index in [1.54, 1.807) is 36.7 Å². The van der Waals surface area contributed by atoms with Gasteiger partial charge in [-0.25, -0.2) is 9.98 Å². The number of nitrogens with zero attached hydrogens (tertiary/aromatic N) is 3. The average molecular weight is 1310 g/mol. The Morgan fingerprint density at radius 2 is 1.25 bits per heavy atom. The zero-order valence-corrected chi connectivity index (χ0v) is 56.0. The summed E-state index contributed by atoms with van der Waals surface area (Å²) in [5, 5.41) is 29.0. The van der Waals surface area contributed by atoms with E-state index in [1.807, 2.05) is 128 Å². The second-order valence-electron chi connectivity index (χ2n) is 21.6. The molecule has 0 saturated carbocycles. The van der Waals surface area contributed by atoms with Gasteiger partial charge in [0.1, 0.15) is 10.9 Å². The molecule has 13 aliphatic heterocycles. The van der Waals surface area contributed by atoms with Gasteiger partial charge in [-0.2, -0.15) is 16.9 Å². The molecule has 0 bridgehead atoms. The fourth-order valence-corrected chi connectivity index (χ4v) is 10.5. The molecule has 0 radical (unpaired) electrons. The zero-order valence-electron chi connectivity index (χ0n) is 54.3. The number of hydrazone groups is 1. The molecule has 0 saturated heterocycles. The number of para-hydroxylation sites is 2. The number of benzene rings is 3. The molecule has 0 fully saturated rings. The maximum atomic E-state index is 3.93. The average Bonchev–Trinajstić information content (AvgIpc) is 1.89. The van der Waals surface area contributed by atoms with Crippen molar-refractivity contribution >= 4 is 71.7 Å². The van der Waals surface area contributed by atoms with Crippen molar-refractivity contribution in [2.45, 2.75) is 51.4 Å². The van der Waals surface area contributed by atoms with Gasteiger partial charge in [0, 0.05) is 178 Å². The highest BCUT2D eigenvalue weighted by Crippen LogP contribution is 2.33. The summed E-state index contributed by atoms with van der Waals surface area (Å²) in [5.74, 6) is 2.93. The van der Waals surface area contributed by atoms with Gasteiger partial charge in [0.05, 0.1) is 12.0 Å². The first-order valence-corrected chi connectivity index (χ1v) is 32.8. The number of rotatable bonds is 0. The smallest absolute Gasteiger partial charge is 0.122 e. The molecule has 1 aliphatic carbocycles. The number of dihydropyridines is 1. The lowest BCUT2D eigenvalue weighted by Gasteiger charge is -2.13. The maximum absolute atomic E-state index is 3.93. The van der Waals surface area contributed by atoms with Crippen LogP contribution in [0.3, 0.4) is 0 Å². The van der Waals surface area contributed by atoms with Crippen molar-refractivity contribution in [3.05, 3.63) is 344 Å². The number of hydrogen-bond donors (Lipinski definition) is 14. The molecule has 0 aromatic heterocycles. The number of allylic oxidation sites excluding steroid dienone is 13. The summed E-state index contributed by atoms with van der Waals surface area (Å²) in [6.45, 7) is 45.6. The Balaban J connectivity index is 0.000000165. The van der Waals surface area contributed by atoms with Crippen molar-refractivity contribution in [1.82, 2.24) is 63.8 Å². The number of hydrogen-bond acceptors (Lipinski definition) is 19. The minimum absolute atomic E-state index is 0.697. The topological polar surface area (TPSA) is 206 Å². The summed E-state index contributed by atoms with van der Waals surface area (Å²) in [6.07, 6.45) is 45.3. The van der Waals surface area contributed by atoms with Crippen LogP contribution in [0.2, 0.25) is 0 Å². The van der Waals surface area contributed by atoms with Crippen LogP contribution in [-0.2, 0) is 6.42 Å². The van der Waals surface area contributed by atoms with Gasteiger partial charge in [-0.1, -0.05) is 164 Å². The molecule has 13 heterocycles. The molecular weight excluding hydrogens is 1220 g/mol. The summed E-state index contributed by atoms with van der Waals surface area (Å²) in [4.78, 5) is 7.58. The summed E-state index contributed by atoms with van der Waals surface area (Å²) < 4.78 is 2.80.